The first kappa shape index (κ1) is 14.2. The van der Waals surface area contributed by atoms with E-state index in [0.29, 0.717) is 12.3 Å². The van der Waals surface area contributed by atoms with Gasteiger partial charge in [-0.2, -0.15) is 0 Å². The van der Waals surface area contributed by atoms with E-state index in [2.05, 4.69) is 13.0 Å². The molecule has 1 unspecified atom stereocenters. The van der Waals surface area contributed by atoms with Crippen LogP contribution in [0.3, 0.4) is 0 Å². The molecule has 0 aliphatic carbocycles. The van der Waals surface area contributed by atoms with Gasteiger partial charge in [-0.1, -0.05) is 18.6 Å². The minimum Gasteiger partial charge on any atom is -0.481 e. The van der Waals surface area contributed by atoms with Crippen LogP contribution in [0.25, 0.3) is 0 Å². The van der Waals surface area contributed by atoms with Crippen molar-refractivity contribution in [2.24, 2.45) is 5.92 Å². The zero-order valence-corrected chi connectivity index (χ0v) is 9.70. The third-order valence-corrected chi connectivity index (χ3v) is 2.51. The Balaban J connectivity index is 3.61. The standard InChI is InChI=1S/C12H22O3/c1-10(6-7-12(14)15)4-3-5-11(2)8-9-13/h4,11,13H,3,5-9H2,1-2H3,(H,14,15). The number of hydrogen-bond donors (Lipinski definition) is 2. The molecule has 0 aromatic rings. The Bertz CT molecular complexity index is 209. The van der Waals surface area contributed by atoms with Gasteiger partial charge in [-0.3, -0.25) is 4.79 Å². The number of carbonyl (C=O) groups is 1. The highest BCUT2D eigenvalue weighted by Crippen LogP contribution is 2.12. The van der Waals surface area contributed by atoms with E-state index in [1.54, 1.807) is 0 Å². The van der Waals surface area contributed by atoms with E-state index in [-0.39, 0.29) is 13.0 Å². The summed E-state index contributed by atoms with van der Waals surface area (Å²) >= 11 is 0. The molecule has 0 rings (SSSR count). The predicted octanol–water partition coefficient (Wildman–Crippen LogP) is 2.60. The number of allylic oxidation sites excluding steroid dienone is 2. The second kappa shape index (κ2) is 8.48. The second-order valence-corrected chi connectivity index (χ2v) is 4.14. The Morgan fingerprint density at radius 3 is 2.53 bits per heavy atom. The molecule has 3 nitrogen and oxygen atoms in total. The molecular formula is C12H22O3. The monoisotopic (exact) mass is 214 g/mol. The van der Waals surface area contributed by atoms with Crippen molar-refractivity contribution in [3.05, 3.63) is 11.6 Å². The summed E-state index contributed by atoms with van der Waals surface area (Å²) in [6.07, 6.45) is 5.86. The van der Waals surface area contributed by atoms with Gasteiger partial charge in [0.2, 0.25) is 0 Å². The number of hydrogen-bond acceptors (Lipinski definition) is 2. The summed E-state index contributed by atoms with van der Waals surface area (Å²) in [6, 6.07) is 0. The maximum absolute atomic E-state index is 10.3. The average molecular weight is 214 g/mol. The van der Waals surface area contributed by atoms with Crippen LogP contribution < -0.4 is 0 Å². The van der Waals surface area contributed by atoms with Gasteiger partial charge in [0.25, 0.3) is 0 Å². The summed E-state index contributed by atoms with van der Waals surface area (Å²) in [6.45, 7) is 4.35. The van der Waals surface area contributed by atoms with Crippen molar-refractivity contribution in [3.63, 3.8) is 0 Å². The van der Waals surface area contributed by atoms with Crippen molar-refractivity contribution in [2.45, 2.75) is 46.0 Å². The number of aliphatic carboxylic acids is 1. The molecule has 0 bridgehead atoms. The van der Waals surface area contributed by atoms with E-state index in [4.69, 9.17) is 10.2 Å². The van der Waals surface area contributed by atoms with E-state index >= 15 is 0 Å². The number of aliphatic hydroxyl groups excluding tert-OH is 1. The molecule has 0 radical (unpaired) electrons. The quantitative estimate of drug-likeness (QED) is 0.611. The molecule has 2 N–H and O–H groups in total. The molecular weight excluding hydrogens is 192 g/mol. The van der Waals surface area contributed by atoms with Crippen molar-refractivity contribution >= 4 is 5.97 Å². The van der Waals surface area contributed by atoms with Crippen molar-refractivity contribution < 1.29 is 15.0 Å². The van der Waals surface area contributed by atoms with E-state index in [0.717, 1.165) is 24.8 Å². The van der Waals surface area contributed by atoms with E-state index in [9.17, 15) is 4.79 Å². The van der Waals surface area contributed by atoms with Gasteiger partial charge in [-0.15, -0.1) is 0 Å². The van der Waals surface area contributed by atoms with E-state index in [1.807, 2.05) is 6.92 Å². The van der Waals surface area contributed by atoms with E-state index < -0.39 is 5.97 Å². The van der Waals surface area contributed by atoms with Gasteiger partial charge in [0.05, 0.1) is 0 Å². The van der Waals surface area contributed by atoms with Crippen LogP contribution in [0, 0.1) is 5.92 Å². The Labute approximate surface area is 91.8 Å². The van der Waals surface area contributed by atoms with Gasteiger partial charge >= 0.3 is 5.97 Å². The van der Waals surface area contributed by atoms with Crippen LogP contribution in [0.2, 0.25) is 0 Å². The molecule has 0 aromatic heterocycles. The molecule has 3 heteroatoms. The Kier molecular flexibility index (Phi) is 8.01. The normalized spacial score (nSPS) is 13.9. The third kappa shape index (κ3) is 9.47. The SMILES string of the molecule is CC(=CCCC(C)CCO)CCC(=O)O. The summed E-state index contributed by atoms with van der Waals surface area (Å²) < 4.78 is 0. The molecule has 0 saturated heterocycles. The number of rotatable bonds is 8. The van der Waals surface area contributed by atoms with Gasteiger partial charge in [0.1, 0.15) is 0 Å². The summed E-state index contributed by atoms with van der Waals surface area (Å²) in [5, 5.41) is 17.2. The molecule has 0 fully saturated rings. The highest BCUT2D eigenvalue weighted by molar-refractivity contribution is 5.66. The predicted molar refractivity (Wildman–Crippen MR) is 60.7 cm³/mol. The van der Waals surface area contributed by atoms with Gasteiger partial charge in [0, 0.05) is 13.0 Å². The van der Waals surface area contributed by atoms with Crippen molar-refractivity contribution in [1.29, 1.82) is 0 Å². The topological polar surface area (TPSA) is 57.5 Å². The first-order chi connectivity index (χ1) is 7.06. The molecule has 1 atom stereocenters. The van der Waals surface area contributed by atoms with Crippen molar-refractivity contribution in [3.8, 4) is 0 Å². The Morgan fingerprint density at radius 2 is 2.00 bits per heavy atom. The lowest BCUT2D eigenvalue weighted by atomic mass is 10.0. The highest BCUT2D eigenvalue weighted by Gasteiger charge is 2.00. The van der Waals surface area contributed by atoms with Crippen LogP contribution in [0.4, 0.5) is 0 Å². The molecule has 0 heterocycles. The summed E-state index contributed by atoms with van der Waals surface area (Å²) in [7, 11) is 0. The van der Waals surface area contributed by atoms with Crippen LogP contribution in [0.1, 0.15) is 46.0 Å². The van der Waals surface area contributed by atoms with Crippen molar-refractivity contribution in [1.82, 2.24) is 0 Å². The minimum absolute atomic E-state index is 0.217. The van der Waals surface area contributed by atoms with Gasteiger partial charge in [0.15, 0.2) is 0 Å². The maximum Gasteiger partial charge on any atom is 0.303 e. The number of carboxylic acids is 1. The fraction of sp³-hybridized carbons (Fsp3) is 0.750. The lowest BCUT2D eigenvalue weighted by molar-refractivity contribution is -0.136. The first-order valence-electron chi connectivity index (χ1n) is 5.54. The first-order valence-corrected chi connectivity index (χ1v) is 5.54. The fourth-order valence-electron chi connectivity index (χ4n) is 1.39. The molecule has 0 aliphatic rings. The van der Waals surface area contributed by atoms with Crippen molar-refractivity contribution in [2.75, 3.05) is 6.61 Å². The van der Waals surface area contributed by atoms with Crippen LogP contribution in [-0.2, 0) is 4.79 Å². The summed E-state index contributed by atoms with van der Waals surface area (Å²) in [5.41, 5.74) is 1.15. The van der Waals surface area contributed by atoms with E-state index in [1.165, 1.54) is 0 Å². The lowest BCUT2D eigenvalue weighted by Crippen LogP contribution is -1.97. The molecule has 15 heavy (non-hydrogen) atoms. The zero-order chi connectivity index (χ0) is 11.7. The average Bonchev–Trinajstić information content (AvgIpc) is 2.15. The summed E-state index contributed by atoms with van der Waals surface area (Å²) in [4.78, 5) is 10.3. The fourth-order valence-corrected chi connectivity index (χ4v) is 1.39. The number of aliphatic hydroxyl groups is 1. The molecule has 0 spiro atoms. The van der Waals surface area contributed by atoms with Crippen LogP contribution in [0.5, 0.6) is 0 Å². The van der Waals surface area contributed by atoms with Crippen LogP contribution in [-0.4, -0.2) is 22.8 Å². The van der Waals surface area contributed by atoms with Crippen LogP contribution >= 0.6 is 0 Å². The zero-order valence-electron chi connectivity index (χ0n) is 9.70. The van der Waals surface area contributed by atoms with Crippen LogP contribution in [0.15, 0.2) is 11.6 Å². The van der Waals surface area contributed by atoms with Gasteiger partial charge < -0.3 is 10.2 Å². The Morgan fingerprint density at radius 1 is 1.33 bits per heavy atom. The minimum atomic E-state index is -0.739. The molecule has 0 aromatic carbocycles. The summed E-state index contributed by atoms with van der Waals surface area (Å²) in [5.74, 6) is -0.199. The largest absolute Gasteiger partial charge is 0.481 e. The maximum atomic E-state index is 10.3. The Hall–Kier alpha value is -0.830. The molecule has 88 valence electrons. The smallest absolute Gasteiger partial charge is 0.303 e. The lowest BCUT2D eigenvalue weighted by Gasteiger charge is -2.07. The molecule has 0 saturated carbocycles. The molecule has 0 amide bonds. The van der Waals surface area contributed by atoms with Gasteiger partial charge in [-0.25, -0.2) is 0 Å². The molecule has 0 aliphatic heterocycles. The second-order valence-electron chi connectivity index (χ2n) is 4.14. The third-order valence-electron chi connectivity index (χ3n) is 2.51. The van der Waals surface area contributed by atoms with Gasteiger partial charge in [-0.05, 0) is 38.5 Å². The number of carboxylic acid groups (broad SMARTS) is 1. The highest BCUT2D eigenvalue weighted by atomic mass is 16.4.